The van der Waals surface area contributed by atoms with Crippen LogP contribution in [0.15, 0.2) is 36.4 Å². The van der Waals surface area contributed by atoms with Crippen LogP contribution < -0.4 is 14.4 Å². The third kappa shape index (κ3) is 6.70. The van der Waals surface area contributed by atoms with Crippen LogP contribution in [0.1, 0.15) is 41.6 Å². The normalized spacial score (nSPS) is 18.5. The Morgan fingerprint density at radius 1 is 0.973 bits per heavy atom. The lowest BCUT2D eigenvalue weighted by molar-refractivity contribution is 0.0581. The van der Waals surface area contributed by atoms with Gasteiger partial charge in [0.05, 0.1) is 10.0 Å². The molecule has 1 N–H and O–H groups in total. The summed E-state index contributed by atoms with van der Waals surface area (Å²) in [5, 5.41) is 1.05. The van der Waals surface area contributed by atoms with Crippen LogP contribution in [0.5, 0.6) is 5.75 Å². The lowest BCUT2D eigenvalue weighted by atomic mass is 10.00. The van der Waals surface area contributed by atoms with E-state index in [1.165, 1.54) is 4.31 Å². The number of halogens is 2. The zero-order valence-corrected chi connectivity index (χ0v) is 23.7. The number of carbonyl (C=O) groups excluding carboxylic acids is 1. The fourth-order valence-corrected chi connectivity index (χ4v) is 6.43. The molecule has 2 aliphatic rings. The van der Waals surface area contributed by atoms with Gasteiger partial charge in [0.2, 0.25) is 0 Å². The molecule has 2 aliphatic heterocycles. The predicted molar refractivity (Wildman–Crippen MR) is 148 cm³/mol. The highest BCUT2D eigenvalue weighted by Crippen LogP contribution is 2.34. The van der Waals surface area contributed by atoms with E-state index in [0.717, 1.165) is 55.8 Å². The second-order valence-electron chi connectivity index (χ2n) is 9.85. The van der Waals surface area contributed by atoms with E-state index in [-0.39, 0.29) is 6.10 Å². The maximum atomic E-state index is 12.9. The summed E-state index contributed by atoms with van der Waals surface area (Å²) in [5.74, 6) is 0.147. The van der Waals surface area contributed by atoms with E-state index in [0.29, 0.717) is 34.7 Å². The molecule has 2 heterocycles. The molecule has 11 heteroatoms. The van der Waals surface area contributed by atoms with Gasteiger partial charge in [0.25, 0.3) is 5.91 Å². The molecule has 0 saturated carbocycles. The standard InChI is InChI=1S/C26H34Cl2N4O4S/c1-18-24(9-8-23(27)25(18)28)36-22-12-14-31(15-13-22)21-10-16-32(17-11-21)37(34,35)29-26(33)19-4-6-20(7-5-19)30(2)3/h4-9,21-22H,10-17H2,1-3H3,(H,29,33). The lowest BCUT2D eigenvalue weighted by Gasteiger charge is -2.41. The van der Waals surface area contributed by atoms with Gasteiger partial charge in [-0.3, -0.25) is 4.79 Å². The number of likely N-dealkylation sites (tertiary alicyclic amines) is 1. The molecule has 2 aromatic carbocycles. The maximum Gasteiger partial charge on any atom is 0.304 e. The van der Waals surface area contributed by atoms with Crippen molar-refractivity contribution in [2.75, 3.05) is 45.2 Å². The summed E-state index contributed by atoms with van der Waals surface area (Å²) in [6.45, 7) is 4.45. The molecule has 2 saturated heterocycles. The van der Waals surface area contributed by atoms with Crippen LogP contribution in [0.4, 0.5) is 5.69 Å². The van der Waals surface area contributed by atoms with Crippen molar-refractivity contribution in [3.8, 4) is 5.75 Å². The number of amides is 1. The van der Waals surface area contributed by atoms with Gasteiger partial charge in [-0.05, 0) is 69.0 Å². The van der Waals surface area contributed by atoms with Gasteiger partial charge in [-0.2, -0.15) is 12.7 Å². The minimum Gasteiger partial charge on any atom is -0.490 e. The fraction of sp³-hybridized carbons (Fsp3) is 0.500. The van der Waals surface area contributed by atoms with Crippen molar-refractivity contribution in [3.63, 3.8) is 0 Å². The van der Waals surface area contributed by atoms with Crippen molar-refractivity contribution in [2.45, 2.75) is 44.8 Å². The maximum absolute atomic E-state index is 12.9. The summed E-state index contributed by atoms with van der Waals surface area (Å²) in [7, 11) is -0.0996. The van der Waals surface area contributed by atoms with E-state index in [4.69, 9.17) is 27.9 Å². The number of hydrogen-bond acceptors (Lipinski definition) is 6. The fourth-order valence-electron chi connectivity index (χ4n) is 4.90. The van der Waals surface area contributed by atoms with Crippen LogP contribution in [-0.4, -0.2) is 76.0 Å². The number of piperidine rings is 2. The van der Waals surface area contributed by atoms with E-state index in [1.807, 2.05) is 32.0 Å². The summed E-state index contributed by atoms with van der Waals surface area (Å²) < 4.78 is 35.5. The summed E-state index contributed by atoms with van der Waals surface area (Å²) in [6.07, 6.45) is 3.34. The topological polar surface area (TPSA) is 82.2 Å². The average molecular weight is 570 g/mol. The molecule has 2 aromatic rings. The van der Waals surface area contributed by atoms with Crippen molar-refractivity contribution >= 4 is 45.0 Å². The Kier molecular flexibility index (Phi) is 8.91. The highest BCUT2D eigenvalue weighted by molar-refractivity contribution is 7.87. The van der Waals surface area contributed by atoms with Crippen molar-refractivity contribution in [2.24, 2.45) is 0 Å². The van der Waals surface area contributed by atoms with Crippen LogP contribution in [-0.2, 0) is 10.2 Å². The van der Waals surface area contributed by atoms with Crippen LogP contribution in [0.2, 0.25) is 10.0 Å². The monoisotopic (exact) mass is 568 g/mol. The van der Waals surface area contributed by atoms with Crippen LogP contribution >= 0.6 is 23.2 Å². The highest BCUT2D eigenvalue weighted by atomic mass is 35.5. The number of benzene rings is 2. The van der Waals surface area contributed by atoms with E-state index in [2.05, 4.69) is 9.62 Å². The van der Waals surface area contributed by atoms with Crippen molar-refractivity contribution < 1.29 is 17.9 Å². The lowest BCUT2D eigenvalue weighted by Crippen LogP contribution is -2.52. The van der Waals surface area contributed by atoms with Gasteiger partial charge in [-0.25, -0.2) is 4.72 Å². The van der Waals surface area contributed by atoms with Gasteiger partial charge < -0.3 is 14.5 Å². The SMILES string of the molecule is Cc1c(OC2CCN(C3CCN(S(=O)(=O)NC(=O)c4ccc(N(C)C)cc4)CC3)CC2)ccc(Cl)c1Cl. The smallest absolute Gasteiger partial charge is 0.304 e. The van der Waals surface area contributed by atoms with E-state index in [1.54, 1.807) is 30.3 Å². The first-order valence-corrected chi connectivity index (χ1v) is 14.7. The largest absolute Gasteiger partial charge is 0.490 e. The van der Waals surface area contributed by atoms with Gasteiger partial charge >= 0.3 is 10.2 Å². The average Bonchev–Trinajstić information content (AvgIpc) is 2.89. The Morgan fingerprint density at radius 2 is 1.59 bits per heavy atom. The third-order valence-electron chi connectivity index (χ3n) is 7.21. The summed E-state index contributed by atoms with van der Waals surface area (Å²) in [5.41, 5.74) is 2.09. The number of carbonyl (C=O) groups is 1. The Labute approximate surface area is 229 Å². The molecule has 0 aliphatic carbocycles. The van der Waals surface area contributed by atoms with Crippen molar-refractivity contribution in [1.82, 2.24) is 13.9 Å². The highest BCUT2D eigenvalue weighted by Gasteiger charge is 2.33. The number of anilines is 1. The Bertz CT molecular complexity index is 1210. The molecule has 0 spiro atoms. The second kappa shape index (κ2) is 11.8. The molecule has 8 nitrogen and oxygen atoms in total. The first kappa shape index (κ1) is 28.0. The number of ether oxygens (including phenoxy) is 1. The van der Waals surface area contributed by atoms with Crippen LogP contribution in [0.3, 0.4) is 0 Å². The Hall–Kier alpha value is -2.04. The first-order chi connectivity index (χ1) is 17.5. The molecule has 1 amide bonds. The molecule has 202 valence electrons. The summed E-state index contributed by atoms with van der Waals surface area (Å²) in [4.78, 5) is 16.9. The third-order valence-corrected chi connectivity index (χ3v) is 9.59. The first-order valence-electron chi connectivity index (χ1n) is 12.5. The Balaban J connectivity index is 1.25. The second-order valence-corrected chi connectivity index (χ2v) is 12.3. The quantitative estimate of drug-likeness (QED) is 0.534. The van der Waals surface area contributed by atoms with Gasteiger partial charge in [0, 0.05) is 63.1 Å². The number of hydrogen-bond donors (Lipinski definition) is 1. The molecule has 0 bridgehead atoms. The van der Waals surface area contributed by atoms with Gasteiger partial charge in [-0.1, -0.05) is 23.2 Å². The number of nitrogens with one attached hydrogen (secondary N) is 1. The molecule has 37 heavy (non-hydrogen) atoms. The van der Waals surface area contributed by atoms with Crippen molar-refractivity contribution in [3.05, 3.63) is 57.6 Å². The summed E-state index contributed by atoms with van der Waals surface area (Å²) in [6, 6.07) is 10.8. The molecule has 0 radical (unpaired) electrons. The molecule has 0 unspecified atom stereocenters. The minimum absolute atomic E-state index is 0.106. The van der Waals surface area contributed by atoms with E-state index < -0.39 is 16.1 Å². The molecule has 4 rings (SSSR count). The van der Waals surface area contributed by atoms with Gasteiger partial charge in [0.15, 0.2) is 0 Å². The van der Waals surface area contributed by atoms with E-state index in [9.17, 15) is 13.2 Å². The minimum atomic E-state index is -3.90. The molecular weight excluding hydrogens is 535 g/mol. The van der Waals surface area contributed by atoms with Gasteiger partial charge in [-0.15, -0.1) is 0 Å². The molecule has 0 atom stereocenters. The van der Waals surface area contributed by atoms with Crippen LogP contribution in [0.25, 0.3) is 0 Å². The van der Waals surface area contributed by atoms with Crippen molar-refractivity contribution in [1.29, 1.82) is 0 Å². The molecule has 0 aromatic heterocycles. The zero-order valence-electron chi connectivity index (χ0n) is 21.4. The van der Waals surface area contributed by atoms with E-state index >= 15 is 0 Å². The zero-order chi connectivity index (χ0) is 26.7. The molecular formula is C26H34Cl2N4O4S. The number of nitrogens with zero attached hydrogens (tertiary/aromatic N) is 3. The summed E-state index contributed by atoms with van der Waals surface area (Å²) >= 11 is 12.3. The predicted octanol–water partition coefficient (Wildman–Crippen LogP) is 4.35. The molecule has 2 fully saturated rings. The number of rotatable bonds is 7. The van der Waals surface area contributed by atoms with Crippen LogP contribution in [0, 0.1) is 6.92 Å². The Morgan fingerprint density at radius 3 is 2.19 bits per heavy atom. The van der Waals surface area contributed by atoms with Gasteiger partial charge in [0.1, 0.15) is 11.9 Å².